The van der Waals surface area contributed by atoms with Crippen molar-refractivity contribution in [1.82, 2.24) is 0 Å². The highest BCUT2D eigenvalue weighted by molar-refractivity contribution is 5.95. The van der Waals surface area contributed by atoms with Crippen molar-refractivity contribution >= 4 is 5.71 Å². The molecule has 1 aliphatic carbocycles. The third-order valence-corrected chi connectivity index (χ3v) is 1.64. The minimum absolute atomic E-state index is 0.972. The Hall–Kier alpha value is -0.850. The molecule has 60 valence electrons. The van der Waals surface area contributed by atoms with Gasteiger partial charge in [-0.2, -0.15) is 0 Å². The van der Waals surface area contributed by atoms with Crippen LogP contribution >= 0.6 is 0 Å². The number of rotatable bonds is 2. The van der Waals surface area contributed by atoms with Crippen molar-refractivity contribution in [2.45, 2.75) is 26.2 Å². The molecule has 0 saturated heterocycles. The fourth-order valence-corrected chi connectivity index (χ4v) is 1.04. The normalized spacial score (nSPS) is 20.6. The molecule has 1 rings (SSSR count). The zero-order chi connectivity index (χ0) is 7.94. The zero-order valence-corrected chi connectivity index (χ0v) is 7.09. The highest BCUT2D eigenvalue weighted by Crippen LogP contribution is 2.02. The average Bonchev–Trinajstić information content (AvgIpc) is 2.28. The summed E-state index contributed by atoms with van der Waals surface area (Å²) >= 11 is 0. The third-order valence-electron chi connectivity index (χ3n) is 1.64. The topological polar surface area (TPSA) is 12.4 Å². The summed E-state index contributed by atoms with van der Waals surface area (Å²) in [5.41, 5.74) is 1.25. The van der Waals surface area contributed by atoms with Gasteiger partial charge in [-0.05, 0) is 25.3 Å². The van der Waals surface area contributed by atoms with Gasteiger partial charge in [0, 0.05) is 12.3 Å². The molecule has 0 aromatic heterocycles. The number of aliphatic imine (C=N–C) groups is 1. The van der Waals surface area contributed by atoms with Crippen molar-refractivity contribution in [2.24, 2.45) is 4.99 Å². The van der Waals surface area contributed by atoms with Crippen LogP contribution in [0.15, 0.2) is 29.3 Å². The van der Waals surface area contributed by atoms with Crippen LogP contribution in [-0.2, 0) is 0 Å². The molecule has 0 radical (unpaired) electrons. The zero-order valence-electron chi connectivity index (χ0n) is 7.09. The molecule has 11 heavy (non-hydrogen) atoms. The van der Waals surface area contributed by atoms with E-state index < -0.39 is 0 Å². The minimum atomic E-state index is 0.972. The number of nitrogens with zero attached hydrogens (tertiary/aromatic N) is 1. The van der Waals surface area contributed by atoms with Gasteiger partial charge in [-0.3, -0.25) is 4.99 Å². The summed E-state index contributed by atoms with van der Waals surface area (Å²) in [4.78, 5) is 4.45. The van der Waals surface area contributed by atoms with E-state index in [4.69, 9.17) is 0 Å². The Bertz CT molecular complexity index is 187. The number of hydrogen-bond acceptors (Lipinski definition) is 1. The molecular formula is C10H15N. The molecule has 0 aromatic rings. The van der Waals surface area contributed by atoms with Crippen LogP contribution in [0.1, 0.15) is 26.2 Å². The largest absolute Gasteiger partial charge is 0.290 e. The molecule has 0 bridgehead atoms. The van der Waals surface area contributed by atoms with Gasteiger partial charge in [0.05, 0.1) is 0 Å². The summed E-state index contributed by atoms with van der Waals surface area (Å²) in [5.74, 6) is 0. The van der Waals surface area contributed by atoms with Gasteiger partial charge >= 0.3 is 0 Å². The lowest BCUT2D eigenvalue weighted by Crippen LogP contribution is -1.93. The summed E-state index contributed by atoms with van der Waals surface area (Å²) in [6.45, 7) is 3.13. The van der Waals surface area contributed by atoms with Crippen molar-refractivity contribution in [1.29, 1.82) is 0 Å². The van der Waals surface area contributed by atoms with Crippen LogP contribution in [0.25, 0.3) is 0 Å². The van der Waals surface area contributed by atoms with Crippen LogP contribution in [0, 0.1) is 0 Å². The molecule has 1 heteroatoms. The summed E-state index contributed by atoms with van der Waals surface area (Å²) < 4.78 is 0. The van der Waals surface area contributed by atoms with Gasteiger partial charge in [-0.1, -0.05) is 25.2 Å². The molecular weight excluding hydrogens is 134 g/mol. The SMILES string of the molecule is CCCN=C1C=CC=CCC1. The van der Waals surface area contributed by atoms with E-state index in [0.717, 1.165) is 25.8 Å². The first-order valence-corrected chi connectivity index (χ1v) is 4.30. The molecule has 1 aliphatic rings. The Balaban J connectivity index is 2.46. The second-order valence-electron chi connectivity index (χ2n) is 2.70. The molecule has 0 fully saturated rings. The first-order valence-electron chi connectivity index (χ1n) is 4.30. The van der Waals surface area contributed by atoms with Crippen LogP contribution in [0.3, 0.4) is 0 Å². The van der Waals surface area contributed by atoms with E-state index in [0.29, 0.717) is 0 Å². The molecule has 0 heterocycles. The summed E-state index contributed by atoms with van der Waals surface area (Å²) in [6, 6.07) is 0. The maximum atomic E-state index is 4.45. The van der Waals surface area contributed by atoms with E-state index in [-0.39, 0.29) is 0 Å². The number of hydrogen-bond donors (Lipinski definition) is 0. The van der Waals surface area contributed by atoms with Crippen LogP contribution in [0.5, 0.6) is 0 Å². The Labute approximate surface area is 68.5 Å². The van der Waals surface area contributed by atoms with E-state index >= 15 is 0 Å². The molecule has 0 atom stereocenters. The first-order chi connectivity index (χ1) is 5.43. The van der Waals surface area contributed by atoms with Gasteiger partial charge in [0.15, 0.2) is 0 Å². The summed E-state index contributed by atoms with van der Waals surface area (Å²) in [7, 11) is 0. The standard InChI is InChI=1S/C10H15N/c1-2-9-11-10-7-5-3-4-6-8-10/h3-5,7H,2,6,8-9H2,1H3. The molecule has 0 aromatic carbocycles. The average molecular weight is 149 g/mol. The van der Waals surface area contributed by atoms with Crippen LogP contribution < -0.4 is 0 Å². The maximum Gasteiger partial charge on any atom is 0.0389 e. The van der Waals surface area contributed by atoms with E-state index in [1.165, 1.54) is 5.71 Å². The predicted molar refractivity (Wildman–Crippen MR) is 50.1 cm³/mol. The van der Waals surface area contributed by atoms with E-state index in [9.17, 15) is 0 Å². The highest BCUT2D eigenvalue weighted by Gasteiger charge is 1.93. The van der Waals surface area contributed by atoms with E-state index in [1.807, 2.05) is 0 Å². The summed E-state index contributed by atoms with van der Waals surface area (Å²) in [6.07, 6.45) is 11.8. The Morgan fingerprint density at radius 1 is 1.45 bits per heavy atom. The number of allylic oxidation sites excluding steroid dienone is 4. The van der Waals surface area contributed by atoms with Crippen LogP contribution in [0.2, 0.25) is 0 Å². The monoisotopic (exact) mass is 149 g/mol. The molecule has 0 aliphatic heterocycles. The maximum absolute atomic E-state index is 4.45. The Morgan fingerprint density at radius 2 is 2.36 bits per heavy atom. The lowest BCUT2D eigenvalue weighted by Gasteiger charge is -1.95. The smallest absolute Gasteiger partial charge is 0.0389 e. The van der Waals surface area contributed by atoms with Crippen molar-refractivity contribution in [2.75, 3.05) is 6.54 Å². The van der Waals surface area contributed by atoms with E-state index in [1.54, 1.807) is 0 Å². The molecule has 0 saturated carbocycles. The second kappa shape index (κ2) is 4.89. The third kappa shape index (κ3) is 3.17. The fraction of sp³-hybridized carbons (Fsp3) is 0.500. The Kier molecular flexibility index (Phi) is 3.67. The van der Waals surface area contributed by atoms with Gasteiger partial charge in [0.2, 0.25) is 0 Å². The predicted octanol–water partition coefficient (Wildman–Crippen LogP) is 2.74. The van der Waals surface area contributed by atoms with Gasteiger partial charge in [0.1, 0.15) is 0 Å². The van der Waals surface area contributed by atoms with Crippen molar-refractivity contribution < 1.29 is 0 Å². The molecule has 0 N–H and O–H groups in total. The van der Waals surface area contributed by atoms with Gasteiger partial charge < -0.3 is 0 Å². The van der Waals surface area contributed by atoms with Crippen molar-refractivity contribution in [3.8, 4) is 0 Å². The second-order valence-corrected chi connectivity index (χ2v) is 2.70. The molecule has 0 spiro atoms. The molecule has 1 nitrogen and oxygen atoms in total. The Morgan fingerprint density at radius 3 is 3.18 bits per heavy atom. The van der Waals surface area contributed by atoms with Crippen molar-refractivity contribution in [3.63, 3.8) is 0 Å². The minimum Gasteiger partial charge on any atom is -0.290 e. The van der Waals surface area contributed by atoms with Gasteiger partial charge in [0.25, 0.3) is 0 Å². The quantitative estimate of drug-likeness (QED) is 0.572. The fourth-order valence-electron chi connectivity index (χ4n) is 1.04. The summed E-state index contributed by atoms with van der Waals surface area (Å²) in [5, 5.41) is 0. The highest BCUT2D eigenvalue weighted by atomic mass is 14.7. The molecule has 0 unspecified atom stereocenters. The first kappa shape index (κ1) is 8.25. The lowest BCUT2D eigenvalue weighted by molar-refractivity contribution is 0.923. The van der Waals surface area contributed by atoms with E-state index in [2.05, 4.69) is 36.2 Å². The van der Waals surface area contributed by atoms with Crippen LogP contribution in [-0.4, -0.2) is 12.3 Å². The van der Waals surface area contributed by atoms with Gasteiger partial charge in [-0.15, -0.1) is 0 Å². The van der Waals surface area contributed by atoms with Crippen molar-refractivity contribution in [3.05, 3.63) is 24.3 Å². The van der Waals surface area contributed by atoms with Crippen LogP contribution in [0.4, 0.5) is 0 Å². The van der Waals surface area contributed by atoms with Gasteiger partial charge in [-0.25, -0.2) is 0 Å². The lowest BCUT2D eigenvalue weighted by atomic mass is 10.2. The molecule has 0 amide bonds.